The van der Waals surface area contributed by atoms with E-state index in [1.807, 2.05) is 31.9 Å². The molecule has 0 aliphatic rings. The lowest BCUT2D eigenvalue weighted by atomic mass is 10.2. The van der Waals surface area contributed by atoms with Gasteiger partial charge in [0, 0.05) is 22.9 Å². The first-order chi connectivity index (χ1) is 10.1. The Morgan fingerprint density at radius 1 is 1.23 bits per heavy atom. The van der Waals surface area contributed by atoms with Crippen molar-refractivity contribution in [3.63, 3.8) is 0 Å². The van der Waals surface area contributed by atoms with E-state index in [2.05, 4.69) is 27.6 Å². The van der Waals surface area contributed by atoms with Crippen molar-refractivity contribution in [3.8, 4) is 5.75 Å². The molecule has 6 heteroatoms. The molecule has 2 nitrogen and oxygen atoms in total. The van der Waals surface area contributed by atoms with Crippen LogP contribution in [0.1, 0.15) is 27.2 Å². The van der Waals surface area contributed by atoms with Crippen LogP contribution in [0.3, 0.4) is 0 Å². The summed E-state index contributed by atoms with van der Waals surface area (Å²) in [7, 11) is 1.85. The molecule has 0 atom stereocenters. The maximum Gasteiger partial charge on any atom is 0.573 e. The Balaban J connectivity index is 2.90. The molecule has 122 valence electrons. The van der Waals surface area contributed by atoms with Crippen LogP contribution in [-0.2, 0) is 0 Å². The van der Waals surface area contributed by atoms with Crippen molar-refractivity contribution in [1.29, 1.82) is 0 Å². The molecule has 1 rings (SSSR count). The quantitative estimate of drug-likeness (QED) is 0.583. The molecule has 0 saturated carbocycles. The molecular weight excluding hydrogens is 359 g/mol. The van der Waals surface area contributed by atoms with Gasteiger partial charge in [-0.1, -0.05) is 28.4 Å². The van der Waals surface area contributed by atoms with Crippen LogP contribution in [0.15, 0.2) is 46.1 Å². The van der Waals surface area contributed by atoms with Crippen molar-refractivity contribution in [1.82, 2.24) is 0 Å². The van der Waals surface area contributed by atoms with Gasteiger partial charge >= 0.3 is 6.36 Å². The normalized spacial score (nSPS) is 13.7. The standard InChI is InChI=1S/C16H19BrF3NO/c1-5-11(2)15(17)10-12(3)21(4)13-6-8-14(9-7-13)22-16(18,19)20/h6-10H,5H2,1-4H3/b12-10-,15-11-. The fraction of sp³-hybridized carbons (Fsp3) is 0.375. The molecule has 0 aliphatic heterocycles. The molecule has 0 heterocycles. The molecule has 0 amide bonds. The lowest BCUT2D eigenvalue weighted by molar-refractivity contribution is -0.274. The van der Waals surface area contributed by atoms with E-state index in [9.17, 15) is 13.2 Å². The fourth-order valence-corrected chi connectivity index (χ4v) is 2.26. The fourth-order valence-electron chi connectivity index (χ4n) is 1.65. The zero-order chi connectivity index (χ0) is 16.9. The molecule has 0 radical (unpaired) electrons. The number of ether oxygens (including phenoxy) is 1. The summed E-state index contributed by atoms with van der Waals surface area (Å²) in [6.45, 7) is 6.05. The number of hydrogen-bond acceptors (Lipinski definition) is 2. The summed E-state index contributed by atoms with van der Waals surface area (Å²) in [5.74, 6) is -0.228. The van der Waals surface area contributed by atoms with Crippen molar-refractivity contribution >= 4 is 21.6 Å². The van der Waals surface area contributed by atoms with E-state index in [4.69, 9.17) is 0 Å². The summed E-state index contributed by atoms with van der Waals surface area (Å²) < 4.78 is 41.3. The van der Waals surface area contributed by atoms with Gasteiger partial charge in [-0.25, -0.2) is 0 Å². The van der Waals surface area contributed by atoms with Gasteiger partial charge in [0.25, 0.3) is 0 Å². The van der Waals surface area contributed by atoms with Crippen molar-refractivity contribution in [2.24, 2.45) is 0 Å². The molecule has 0 spiro atoms. The molecule has 0 fully saturated rings. The number of anilines is 1. The van der Waals surface area contributed by atoms with Gasteiger partial charge in [0.05, 0.1) is 0 Å². The molecule has 0 unspecified atom stereocenters. The Kier molecular flexibility index (Phi) is 6.53. The highest BCUT2D eigenvalue weighted by atomic mass is 79.9. The number of alkyl halides is 3. The van der Waals surface area contributed by atoms with Crippen LogP contribution < -0.4 is 9.64 Å². The summed E-state index contributed by atoms with van der Waals surface area (Å²) in [5.41, 5.74) is 2.96. The van der Waals surface area contributed by atoms with Gasteiger partial charge in [-0.15, -0.1) is 13.2 Å². The van der Waals surface area contributed by atoms with Gasteiger partial charge in [-0.3, -0.25) is 0 Å². The number of halogens is 4. The third kappa shape index (κ3) is 5.75. The summed E-state index contributed by atoms with van der Waals surface area (Å²) in [6, 6.07) is 5.77. The first-order valence-electron chi connectivity index (χ1n) is 6.77. The molecule has 0 bridgehead atoms. The Morgan fingerprint density at radius 2 is 1.77 bits per heavy atom. The predicted octanol–water partition coefficient (Wildman–Crippen LogP) is 6.00. The highest BCUT2D eigenvalue weighted by Crippen LogP contribution is 2.27. The first-order valence-corrected chi connectivity index (χ1v) is 7.56. The Labute approximate surface area is 137 Å². The third-order valence-electron chi connectivity index (χ3n) is 3.26. The minimum absolute atomic E-state index is 0.228. The van der Waals surface area contributed by atoms with E-state index in [1.165, 1.54) is 17.7 Å². The summed E-state index contributed by atoms with van der Waals surface area (Å²) in [4.78, 5) is 1.89. The number of nitrogens with zero attached hydrogens (tertiary/aromatic N) is 1. The van der Waals surface area contributed by atoms with E-state index in [1.54, 1.807) is 12.1 Å². The predicted molar refractivity (Wildman–Crippen MR) is 87.2 cm³/mol. The molecule has 0 saturated heterocycles. The Bertz CT molecular complexity index is 562. The second kappa shape index (κ2) is 7.72. The number of allylic oxidation sites excluding steroid dienone is 4. The maximum absolute atomic E-state index is 12.1. The Hall–Kier alpha value is -1.43. The smallest absolute Gasteiger partial charge is 0.406 e. The molecule has 22 heavy (non-hydrogen) atoms. The lowest BCUT2D eigenvalue weighted by Crippen LogP contribution is -2.17. The largest absolute Gasteiger partial charge is 0.573 e. The maximum atomic E-state index is 12.1. The molecular formula is C16H19BrF3NO. The average molecular weight is 378 g/mol. The molecule has 0 N–H and O–H groups in total. The van der Waals surface area contributed by atoms with Crippen molar-refractivity contribution in [3.05, 3.63) is 46.1 Å². The van der Waals surface area contributed by atoms with Gasteiger partial charge in [-0.2, -0.15) is 0 Å². The monoisotopic (exact) mass is 377 g/mol. The number of hydrogen-bond donors (Lipinski definition) is 0. The number of rotatable bonds is 5. The minimum atomic E-state index is -4.67. The van der Waals surface area contributed by atoms with Crippen molar-refractivity contribution in [2.45, 2.75) is 33.6 Å². The van der Waals surface area contributed by atoms with Crippen molar-refractivity contribution in [2.75, 3.05) is 11.9 Å². The van der Waals surface area contributed by atoms with Gasteiger partial charge in [-0.05, 0) is 50.6 Å². The van der Waals surface area contributed by atoms with E-state index in [0.29, 0.717) is 0 Å². The summed E-state index contributed by atoms with van der Waals surface area (Å²) in [6.07, 6.45) is -1.74. The molecule has 1 aromatic carbocycles. The van der Waals surface area contributed by atoms with Crippen LogP contribution in [0.5, 0.6) is 5.75 Å². The third-order valence-corrected chi connectivity index (χ3v) is 4.17. The summed E-state index contributed by atoms with van der Waals surface area (Å²) in [5, 5.41) is 0. The van der Waals surface area contributed by atoms with Gasteiger partial charge in [0.2, 0.25) is 0 Å². The zero-order valence-electron chi connectivity index (χ0n) is 13.0. The lowest BCUT2D eigenvalue weighted by Gasteiger charge is -2.21. The SMILES string of the molecule is CC/C(C)=C(Br)/C=C(/C)N(C)c1ccc(OC(F)(F)F)cc1. The van der Waals surface area contributed by atoms with Crippen LogP contribution in [0.25, 0.3) is 0 Å². The van der Waals surface area contributed by atoms with Crippen LogP contribution in [0.2, 0.25) is 0 Å². The zero-order valence-corrected chi connectivity index (χ0v) is 14.5. The second-order valence-electron chi connectivity index (χ2n) is 4.87. The molecule has 0 aliphatic carbocycles. The van der Waals surface area contributed by atoms with Crippen LogP contribution in [0.4, 0.5) is 18.9 Å². The van der Waals surface area contributed by atoms with Crippen molar-refractivity contribution < 1.29 is 17.9 Å². The first kappa shape index (κ1) is 18.6. The average Bonchev–Trinajstić information content (AvgIpc) is 2.44. The van der Waals surface area contributed by atoms with Gasteiger partial charge < -0.3 is 9.64 Å². The highest BCUT2D eigenvalue weighted by molar-refractivity contribution is 9.11. The van der Waals surface area contributed by atoms with Crippen LogP contribution >= 0.6 is 15.9 Å². The van der Waals surface area contributed by atoms with Gasteiger partial charge in [0.15, 0.2) is 0 Å². The van der Waals surface area contributed by atoms with E-state index < -0.39 is 6.36 Å². The van der Waals surface area contributed by atoms with E-state index in [0.717, 1.165) is 22.3 Å². The second-order valence-corrected chi connectivity index (χ2v) is 5.72. The topological polar surface area (TPSA) is 12.5 Å². The van der Waals surface area contributed by atoms with Crippen LogP contribution in [-0.4, -0.2) is 13.4 Å². The number of benzene rings is 1. The van der Waals surface area contributed by atoms with Gasteiger partial charge in [0.1, 0.15) is 5.75 Å². The highest BCUT2D eigenvalue weighted by Gasteiger charge is 2.30. The van der Waals surface area contributed by atoms with Crippen LogP contribution in [0, 0.1) is 0 Å². The van der Waals surface area contributed by atoms with E-state index in [-0.39, 0.29) is 5.75 Å². The minimum Gasteiger partial charge on any atom is -0.406 e. The molecule has 1 aromatic rings. The van der Waals surface area contributed by atoms with E-state index >= 15 is 0 Å². The summed E-state index contributed by atoms with van der Waals surface area (Å²) >= 11 is 3.52. The molecule has 0 aromatic heterocycles. The Morgan fingerprint density at radius 3 is 2.23 bits per heavy atom.